The van der Waals surface area contributed by atoms with Crippen LogP contribution in [0.25, 0.3) is 0 Å². The van der Waals surface area contributed by atoms with Crippen molar-refractivity contribution in [2.45, 2.75) is 58.4 Å². The van der Waals surface area contributed by atoms with E-state index in [1.807, 2.05) is 24.0 Å². The first-order chi connectivity index (χ1) is 16.5. The quantitative estimate of drug-likeness (QED) is 0.377. The summed E-state index contributed by atoms with van der Waals surface area (Å²) in [6, 6.07) is 12.1. The molecule has 0 aliphatic rings. The lowest BCUT2D eigenvalue weighted by Crippen LogP contribution is -2.37. The predicted octanol–water partition coefficient (Wildman–Crippen LogP) is 5.53. The largest absolute Gasteiger partial charge is 0.478 e. The Morgan fingerprint density at radius 1 is 1.03 bits per heavy atom. The van der Waals surface area contributed by atoms with Gasteiger partial charge in [0.25, 0.3) is 5.95 Å². The van der Waals surface area contributed by atoms with Crippen LogP contribution < -0.4 is 9.64 Å². The van der Waals surface area contributed by atoms with Crippen molar-refractivity contribution in [2.75, 3.05) is 11.4 Å². The van der Waals surface area contributed by atoms with Crippen LogP contribution in [0.1, 0.15) is 49.8 Å². The topological polar surface area (TPSA) is 88.7 Å². The van der Waals surface area contributed by atoms with Gasteiger partial charge in [0, 0.05) is 19.5 Å². The van der Waals surface area contributed by atoms with Crippen LogP contribution in [0.2, 0.25) is 0 Å². The number of ether oxygens (including phenoxy) is 1. The normalized spacial score (nSPS) is 11.9. The van der Waals surface area contributed by atoms with Crippen LogP contribution in [-0.4, -0.2) is 33.4 Å². The highest BCUT2D eigenvalue weighted by molar-refractivity contribution is 5.76. The van der Waals surface area contributed by atoms with Crippen LogP contribution in [0.5, 0.6) is 5.75 Å². The number of nitrogens with zero attached hydrogens (tertiary/aromatic N) is 3. The van der Waals surface area contributed by atoms with E-state index in [0.29, 0.717) is 49.1 Å². The third kappa shape index (κ3) is 7.21. The Kier molecular flexibility index (Phi) is 8.03. The molecule has 0 unspecified atom stereocenters. The molecule has 1 aromatic heterocycles. The number of halogens is 3. The molecule has 10 heteroatoms. The standard InChI is InChI=1S/C25H28F3N3O4/c1-4-5-21-29-23(30-35-21)31(16-18-6-10-19(11-7-18)25(26,27)28)15-14-17-8-12-20(13-9-17)34-24(2,3)22(32)33/h6-13H,4-5,14-16H2,1-3H3,(H,32,33). The van der Waals surface area contributed by atoms with Gasteiger partial charge in [-0.3, -0.25) is 0 Å². The number of aromatic nitrogens is 2. The van der Waals surface area contributed by atoms with E-state index in [2.05, 4.69) is 10.1 Å². The number of hydrogen-bond acceptors (Lipinski definition) is 6. The predicted molar refractivity (Wildman–Crippen MR) is 123 cm³/mol. The molecule has 0 aliphatic heterocycles. The molecule has 188 valence electrons. The number of carboxylic acids is 1. The number of rotatable bonds is 11. The van der Waals surface area contributed by atoms with E-state index >= 15 is 0 Å². The van der Waals surface area contributed by atoms with Crippen LogP contribution in [-0.2, 0) is 30.4 Å². The Morgan fingerprint density at radius 3 is 2.23 bits per heavy atom. The number of alkyl halides is 3. The van der Waals surface area contributed by atoms with Crippen LogP contribution in [0.3, 0.4) is 0 Å². The van der Waals surface area contributed by atoms with Crippen LogP contribution in [0.15, 0.2) is 53.1 Å². The summed E-state index contributed by atoms with van der Waals surface area (Å²) >= 11 is 0. The molecule has 0 atom stereocenters. The Bertz CT molecular complexity index is 1110. The highest BCUT2D eigenvalue weighted by Crippen LogP contribution is 2.29. The van der Waals surface area contributed by atoms with Crippen molar-refractivity contribution in [3.8, 4) is 5.75 Å². The molecule has 35 heavy (non-hydrogen) atoms. The van der Waals surface area contributed by atoms with Gasteiger partial charge in [-0.1, -0.05) is 31.2 Å². The Balaban J connectivity index is 1.72. The first-order valence-corrected chi connectivity index (χ1v) is 11.2. The van der Waals surface area contributed by atoms with E-state index in [4.69, 9.17) is 9.26 Å². The molecule has 0 saturated heterocycles. The lowest BCUT2D eigenvalue weighted by molar-refractivity contribution is -0.152. The monoisotopic (exact) mass is 491 g/mol. The fraction of sp³-hybridized carbons (Fsp3) is 0.400. The van der Waals surface area contributed by atoms with Crippen molar-refractivity contribution >= 4 is 11.9 Å². The zero-order chi connectivity index (χ0) is 25.6. The molecular weight excluding hydrogens is 463 g/mol. The van der Waals surface area contributed by atoms with Gasteiger partial charge in [-0.05, 0) is 67.2 Å². The van der Waals surface area contributed by atoms with Crippen molar-refractivity contribution in [1.29, 1.82) is 0 Å². The van der Waals surface area contributed by atoms with Crippen molar-refractivity contribution < 1.29 is 32.3 Å². The minimum atomic E-state index is -4.39. The molecule has 1 N–H and O–H groups in total. The van der Waals surface area contributed by atoms with Gasteiger partial charge >= 0.3 is 12.1 Å². The summed E-state index contributed by atoms with van der Waals surface area (Å²) in [5.41, 5.74) is -0.417. The van der Waals surface area contributed by atoms with Crippen molar-refractivity contribution in [3.63, 3.8) is 0 Å². The average molecular weight is 492 g/mol. The second-order valence-corrected chi connectivity index (χ2v) is 8.67. The van der Waals surface area contributed by atoms with Crippen LogP contribution in [0, 0.1) is 0 Å². The fourth-order valence-electron chi connectivity index (χ4n) is 3.29. The van der Waals surface area contributed by atoms with Gasteiger partial charge in [0.1, 0.15) is 5.75 Å². The van der Waals surface area contributed by atoms with Gasteiger partial charge in [-0.15, -0.1) is 0 Å². The van der Waals surface area contributed by atoms with Gasteiger partial charge < -0.3 is 19.3 Å². The number of aryl methyl sites for hydroxylation is 1. The average Bonchev–Trinajstić information content (AvgIpc) is 3.26. The van der Waals surface area contributed by atoms with Gasteiger partial charge in [0.05, 0.1) is 5.56 Å². The smallest absolute Gasteiger partial charge is 0.416 e. The van der Waals surface area contributed by atoms with E-state index < -0.39 is 23.3 Å². The third-order valence-corrected chi connectivity index (χ3v) is 5.34. The summed E-state index contributed by atoms with van der Waals surface area (Å²) in [7, 11) is 0. The number of benzene rings is 2. The first-order valence-electron chi connectivity index (χ1n) is 11.2. The highest BCUT2D eigenvalue weighted by Gasteiger charge is 2.30. The first kappa shape index (κ1) is 26.1. The van der Waals surface area contributed by atoms with E-state index in [0.717, 1.165) is 24.1 Å². The lowest BCUT2D eigenvalue weighted by Gasteiger charge is -2.22. The van der Waals surface area contributed by atoms with Gasteiger partial charge in [-0.2, -0.15) is 18.2 Å². The molecular formula is C25H28F3N3O4. The molecule has 0 radical (unpaired) electrons. The summed E-state index contributed by atoms with van der Waals surface area (Å²) in [6.07, 6.45) is -2.33. The van der Waals surface area contributed by atoms with Crippen LogP contribution >= 0.6 is 0 Å². The zero-order valence-electron chi connectivity index (χ0n) is 19.8. The highest BCUT2D eigenvalue weighted by atomic mass is 19.4. The molecule has 3 aromatic rings. The van der Waals surface area contributed by atoms with Gasteiger partial charge in [-0.25, -0.2) is 4.79 Å². The molecule has 0 spiro atoms. The van der Waals surface area contributed by atoms with Crippen molar-refractivity contribution in [2.24, 2.45) is 0 Å². The van der Waals surface area contributed by atoms with Crippen molar-refractivity contribution in [3.05, 3.63) is 71.1 Å². The molecule has 0 fully saturated rings. The summed E-state index contributed by atoms with van der Waals surface area (Å²) < 4.78 is 49.6. The minimum Gasteiger partial charge on any atom is -0.478 e. The lowest BCUT2D eigenvalue weighted by atomic mass is 10.1. The number of hydrogen-bond donors (Lipinski definition) is 1. The van der Waals surface area contributed by atoms with E-state index in [1.54, 1.807) is 12.1 Å². The maximum atomic E-state index is 12.9. The second kappa shape index (κ2) is 10.8. The SMILES string of the molecule is CCCc1nc(N(CCc2ccc(OC(C)(C)C(=O)O)cc2)Cc2ccc(C(F)(F)F)cc2)no1. The number of anilines is 1. The second-order valence-electron chi connectivity index (χ2n) is 8.67. The molecule has 0 saturated carbocycles. The Morgan fingerprint density at radius 2 is 1.66 bits per heavy atom. The van der Waals surface area contributed by atoms with Crippen molar-refractivity contribution in [1.82, 2.24) is 10.1 Å². The Labute approximate surface area is 201 Å². The van der Waals surface area contributed by atoms with Gasteiger partial charge in [0.15, 0.2) is 5.60 Å². The molecule has 0 aliphatic carbocycles. The van der Waals surface area contributed by atoms with Crippen LogP contribution in [0.4, 0.5) is 19.1 Å². The fourth-order valence-corrected chi connectivity index (χ4v) is 3.29. The van der Waals surface area contributed by atoms with E-state index in [9.17, 15) is 23.1 Å². The van der Waals surface area contributed by atoms with Gasteiger partial charge in [0.2, 0.25) is 5.89 Å². The number of carbonyl (C=O) groups is 1. The number of aliphatic carboxylic acids is 1. The molecule has 7 nitrogen and oxygen atoms in total. The third-order valence-electron chi connectivity index (χ3n) is 5.34. The zero-order valence-corrected chi connectivity index (χ0v) is 19.8. The Hall–Kier alpha value is -3.56. The summed E-state index contributed by atoms with van der Waals surface area (Å²) in [5.74, 6) is 0.243. The molecule has 0 amide bonds. The summed E-state index contributed by atoms with van der Waals surface area (Å²) in [5, 5.41) is 13.3. The van der Waals surface area contributed by atoms with E-state index in [-0.39, 0.29) is 0 Å². The molecule has 1 heterocycles. The molecule has 3 rings (SSSR count). The molecule has 2 aromatic carbocycles. The maximum absolute atomic E-state index is 12.9. The summed E-state index contributed by atoms with van der Waals surface area (Å²) in [6.45, 7) is 5.72. The maximum Gasteiger partial charge on any atom is 0.416 e. The minimum absolute atomic E-state index is 0.303. The van der Waals surface area contributed by atoms with E-state index in [1.165, 1.54) is 26.0 Å². The number of carboxylic acid groups (broad SMARTS) is 1. The summed E-state index contributed by atoms with van der Waals surface area (Å²) in [4.78, 5) is 17.5. The molecule has 0 bridgehead atoms.